The summed E-state index contributed by atoms with van der Waals surface area (Å²) in [5.74, 6) is -0.805. The van der Waals surface area contributed by atoms with Crippen LogP contribution in [0.1, 0.15) is 27.0 Å². The van der Waals surface area contributed by atoms with E-state index < -0.39 is 5.82 Å². The molecule has 0 aliphatic carbocycles. The fraction of sp³-hybridized carbons (Fsp3) is 0.158. The van der Waals surface area contributed by atoms with Crippen LogP contribution in [-0.2, 0) is 0 Å². The third-order valence-corrected chi connectivity index (χ3v) is 4.50. The third-order valence-electron chi connectivity index (χ3n) is 3.74. The molecule has 1 aromatic heterocycles. The molecule has 1 heterocycles. The minimum absolute atomic E-state index is 0.273. The van der Waals surface area contributed by atoms with E-state index in [0.717, 1.165) is 22.4 Å². The van der Waals surface area contributed by atoms with Gasteiger partial charge in [0.05, 0.1) is 5.69 Å². The third kappa shape index (κ3) is 3.36. The molecule has 0 fully saturated rings. The highest BCUT2D eigenvalue weighted by Gasteiger charge is 2.13. The fourth-order valence-electron chi connectivity index (χ4n) is 2.83. The van der Waals surface area contributed by atoms with Crippen LogP contribution in [0.5, 0.6) is 0 Å². The van der Waals surface area contributed by atoms with Gasteiger partial charge in [0.25, 0.3) is 5.91 Å². The van der Waals surface area contributed by atoms with Gasteiger partial charge in [0.15, 0.2) is 5.13 Å². The van der Waals surface area contributed by atoms with Gasteiger partial charge in [-0.25, -0.2) is 9.37 Å². The minimum atomic E-state index is -0.437. The van der Waals surface area contributed by atoms with E-state index in [1.54, 1.807) is 6.07 Å². The summed E-state index contributed by atoms with van der Waals surface area (Å²) in [6, 6.07) is 9.83. The number of carbonyl (C=O) groups excluding carboxylic acids is 1. The highest BCUT2D eigenvalue weighted by molar-refractivity contribution is 7.14. The van der Waals surface area contributed by atoms with Crippen molar-refractivity contribution in [2.24, 2.45) is 0 Å². The lowest BCUT2D eigenvalue weighted by Gasteiger charge is -2.08. The van der Waals surface area contributed by atoms with Crippen LogP contribution >= 0.6 is 11.3 Å². The number of carbonyl (C=O) groups is 1. The Labute approximate surface area is 144 Å². The van der Waals surface area contributed by atoms with Crippen molar-refractivity contribution in [3.05, 3.63) is 69.8 Å². The van der Waals surface area contributed by atoms with Crippen LogP contribution in [0, 0.1) is 26.6 Å². The second kappa shape index (κ2) is 6.53. The molecule has 1 N–H and O–H groups in total. The lowest BCUT2D eigenvalue weighted by atomic mass is 9.98. The zero-order valence-corrected chi connectivity index (χ0v) is 14.5. The van der Waals surface area contributed by atoms with Crippen LogP contribution in [0.4, 0.5) is 9.52 Å². The first kappa shape index (κ1) is 16.3. The van der Waals surface area contributed by atoms with E-state index in [4.69, 9.17) is 0 Å². The Bertz CT molecular complexity index is 894. The van der Waals surface area contributed by atoms with Crippen molar-refractivity contribution >= 4 is 22.4 Å². The predicted molar refractivity (Wildman–Crippen MR) is 96.1 cm³/mol. The molecule has 2 aromatic carbocycles. The van der Waals surface area contributed by atoms with Crippen LogP contribution in [0.2, 0.25) is 0 Å². The molecule has 0 unspecified atom stereocenters. The molecule has 0 saturated heterocycles. The maximum absolute atomic E-state index is 13.2. The summed E-state index contributed by atoms with van der Waals surface area (Å²) >= 11 is 1.36. The van der Waals surface area contributed by atoms with Gasteiger partial charge < -0.3 is 0 Å². The van der Waals surface area contributed by atoms with Gasteiger partial charge in [0.1, 0.15) is 5.82 Å². The number of benzene rings is 2. The topological polar surface area (TPSA) is 42.0 Å². The van der Waals surface area contributed by atoms with Crippen LogP contribution in [0.25, 0.3) is 11.3 Å². The first-order valence-electron chi connectivity index (χ1n) is 7.54. The number of halogens is 1. The first-order chi connectivity index (χ1) is 11.4. The first-order valence-corrected chi connectivity index (χ1v) is 8.42. The van der Waals surface area contributed by atoms with Crippen LogP contribution < -0.4 is 5.32 Å². The molecule has 0 saturated carbocycles. The van der Waals surface area contributed by atoms with Crippen molar-refractivity contribution in [2.75, 3.05) is 5.32 Å². The molecule has 0 radical (unpaired) electrons. The van der Waals surface area contributed by atoms with Crippen molar-refractivity contribution in [1.29, 1.82) is 0 Å². The van der Waals surface area contributed by atoms with Crippen molar-refractivity contribution in [3.8, 4) is 11.3 Å². The van der Waals surface area contributed by atoms with Crippen molar-refractivity contribution in [3.63, 3.8) is 0 Å². The van der Waals surface area contributed by atoms with E-state index in [1.807, 2.05) is 5.38 Å². The molecule has 3 nitrogen and oxygen atoms in total. The molecule has 0 aliphatic rings. The molecule has 1 amide bonds. The van der Waals surface area contributed by atoms with Crippen LogP contribution in [-0.4, -0.2) is 10.9 Å². The fourth-order valence-corrected chi connectivity index (χ4v) is 3.53. The Hall–Kier alpha value is -2.53. The number of nitrogens with zero attached hydrogens (tertiary/aromatic N) is 1. The number of aromatic nitrogens is 1. The number of aryl methyl sites for hydroxylation is 3. The summed E-state index contributed by atoms with van der Waals surface area (Å²) in [5.41, 5.74) is 5.72. The largest absolute Gasteiger partial charge is 0.298 e. The molecule has 0 aliphatic heterocycles. The van der Waals surface area contributed by atoms with Gasteiger partial charge in [-0.15, -0.1) is 11.3 Å². The zero-order valence-electron chi connectivity index (χ0n) is 13.7. The molecule has 0 spiro atoms. The van der Waals surface area contributed by atoms with Crippen molar-refractivity contribution in [2.45, 2.75) is 20.8 Å². The number of nitrogens with one attached hydrogen (secondary N) is 1. The van der Waals surface area contributed by atoms with E-state index in [9.17, 15) is 9.18 Å². The molecule has 5 heteroatoms. The molecule has 122 valence electrons. The number of amides is 1. The van der Waals surface area contributed by atoms with E-state index in [1.165, 1.54) is 35.1 Å². The molecular weight excluding hydrogens is 323 g/mol. The summed E-state index contributed by atoms with van der Waals surface area (Å²) < 4.78 is 13.2. The van der Waals surface area contributed by atoms with Gasteiger partial charge in [-0.1, -0.05) is 23.8 Å². The molecule has 0 atom stereocenters. The quantitative estimate of drug-likeness (QED) is 0.718. The smallest absolute Gasteiger partial charge is 0.257 e. The molecule has 24 heavy (non-hydrogen) atoms. The Morgan fingerprint density at radius 2 is 1.83 bits per heavy atom. The van der Waals surface area contributed by atoms with Crippen molar-refractivity contribution < 1.29 is 9.18 Å². The summed E-state index contributed by atoms with van der Waals surface area (Å²) in [4.78, 5) is 16.7. The van der Waals surface area contributed by atoms with Gasteiger partial charge in [-0.05, 0) is 50.1 Å². The number of hydrogen-bond donors (Lipinski definition) is 1. The molecular formula is C19H17FN2OS. The predicted octanol–water partition coefficient (Wildman–Crippen LogP) is 5.13. The van der Waals surface area contributed by atoms with Crippen molar-refractivity contribution in [1.82, 2.24) is 4.98 Å². The zero-order chi connectivity index (χ0) is 17.3. The highest BCUT2D eigenvalue weighted by atomic mass is 32.1. The van der Waals surface area contributed by atoms with E-state index >= 15 is 0 Å². The molecule has 3 aromatic rings. The highest BCUT2D eigenvalue weighted by Crippen LogP contribution is 2.31. The summed E-state index contributed by atoms with van der Waals surface area (Å²) in [6.45, 7) is 6.18. The van der Waals surface area contributed by atoms with Gasteiger partial charge >= 0.3 is 0 Å². The Balaban J connectivity index is 1.85. The Kier molecular flexibility index (Phi) is 4.44. The molecule has 0 bridgehead atoms. The number of thiazole rings is 1. The maximum Gasteiger partial charge on any atom is 0.257 e. The lowest BCUT2D eigenvalue weighted by molar-refractivity contribution is 0.102. The van der Waals surface area contributed by atoms with Gasteiger partial charge in [0.2, 0.25) is 0 Å². The van der Waals surface area contributed by atoms with Gasteiger partial charge in [-0.2, -0.15) is 0 Å². The van der Waals surface area contributed by atoms with Gasteiger partial charge in [-0.3, -0.25) is 10.1 Å². The van der Waals surface area contributed by atoms with Crippen LogP contribution in [0.3, 0.4) is 0 Å². The SMILES string of the molecule is Cc1cc(C)c(-c2csc(NC(=O)c3cccc(F)c3)n2)c(C)c1. The number of hydrogen-bond acceptors (Lipinski definition) is 3. The monoisotopic (exact) mass is 340 g/mol. The number of rotatable bonds is 3. The van der Waals surface area contributed by atoms with Crippen LogP contribution in [0.15, 0.2) is 41.8 Å². The minimum Gasteiger partial charge on any atom is -0.298 e. The van der Waals surface area contributed by atoms with E-state index in [0.29, 0.717) is 5.13 Å². The van der Waals surface area contributed by atoms with Gasteiger partial charge in [0, 0.05) is 16.5 Å². The molecule has 3 rings (SSSR count). The average Bonchev–Trinajstić information content (AvgIpc) is 2.94. The summed E-state index contributed by atoms with van der Waals surface area (Å²) in [7, 11) is 0. The normalized spacial score (nSPS) is 10.7. The second-order valence-electron chi connectivity index (χ2n) is 5.78. The van der Waals surface area contributed by atoms with E-state index in [-0.39, 0.29) is 11.5 Å². The Morgan fingerprint density at radius 3 is 2.50 bits per heavy atom. The lowest BCUT2D eigenvalue weighted by Crippen LogP contribution is -2.11. The number of anilines is 1. The summed E-state index contributed by atoms with van der Waals surface area (Å²) in [6.07, 6.45) is 0. The standard InChI is InChI=1S/C19H17FN2OS/c1-11-7-12(2)17(13(3)8-11)16-10-24-19(21-16)22-18(23)14-5-4-6-15(20)9-14/h4-10H,1-3H3,(H,21,22,23). The second-order valence-corrected chi connectivity index (χ2v) is 6.63. The maximum atomic E-state index is 13.2. The van der Waals surface area contributed by atoms with E-state index in [2.05, 4.69) is 43.2 Å². The Morgan fingerprint density at radius 1 is 1.12 bits per heavy atom. The average molecular weight is 340 g/mol. The summed E-state index contributed by atoms with van der Waals surface area (Å²) in [5, 5.41) is 5.15.